The lowest BCUT2D eigenvalue weighted by Crippen LogP contribution is -2.15. The van der Waals surface area contributed by atoms with Crippen LogP contribution in [0.4, 0.5) is 0 Å². The van der Waals surface area contributed by atoms with Gasteiger partial charge < -0.3 is 9.15 Å². The van der Waals surface area contributed by atoms with E-state index in [1.54, 1.807) is 18.3 Å². The molecular formula is C11H12N2O4. The van der Waals surface area contributed by atoms with Crippen LogP contribution in [0.3, 0.4) is 0 Å². The lowest BCUT2D eigenvalue weighted by atomic mass is 10.3. The summed E-state index contributed by atoms with van der Waals surface area (Å²) in [6, 6.07) is 3.38. The first-order valence-corrected chi connectivity index (χ1v) is 5.23. The van der Waals surface area contributed by atoms with Crippen molar-refractivity contribution in [2.45, 2.75) is 19.4 Å². The Kier molecular flexibility index (Phi) is 3.22. The molecule has 2 rings (SSSR count). The van der Waals surface area contributed by atoms with Crippen LogP contribution in [-0.4, -0.2) is 22.6 Å². The van der Waals surface area contributed by atoms with Gasteiger partial charge in [-0.15, -0.1) is 0 Å². The predicted octanol–water partition coefficient (Wildman–Crippen LogP) is 0.943. The summed E-state index contributed by atoms with van der Waals surface area (Å²) in [4.78, 5) is 26.5. The van der Waals surface area contributed by atoms with E-state index in [-0.39, 0.29) is 12.4 Å². The first kappa shape index (κ1) is 11.4. The van der Waals surface area contributed by atoms with Gasteiger partial charge in [-0.1, -0.05) is 0 Å². The van der Waals surface area contributed by atoms with Crippen LogP contribution < -0.4 is 5.76 Å². The molecule has 2 heterocycles. The number of ether oxygens (including phenoxy) is 1. The predicted molar refractivity (Wildman–Crippen MR) is 59.5 cm³/mol. The third kappa shape index (κ3) is 2.35. The van der Waals surface area contributed by atoms with E-state index in [0.717, 1.165) is 0 Å². The minimum Gasteiger partial charge on any atom is -0.469 e. The molecule has 2 aromatic rings. The Morgan fingerprint density at radius 3 is 3.18 bits per heavy atom. The number of carbonyl (C=O) groups is 1. The third-order valence-corrected chi connectivity index (χ3v) is 2.41. The van der Waals surface area contributed by atoms with Crippen molar-refractivity contribution in [2.24, 2.45) is 0 Å². The number of carbonyl (C=O) groups excluding carboxylic acids is 1. The van der Waals surface area contributed by atoms with Gasteiger partial charge in [-0.2, -0.15) is 0 Å². The number of rotatable bonds is 4. The van der Waals surface area contributed by atoms with Gasteiger partial charge in [0.2, 0.25) is 0 Å². The minimum atomic E-state index is -0.455. The second-order valence-electron chi connectivity index (χ2n) is 3.52. The van der Waals surface area contributed by atoms with Crippen LogP contribution in [0.5, 0.6) is 0 Å². The summed E-state index contributed by atoms with van der Waals surface area (Å²) in [6.07, 6.45) is 2.37. The van der Waals surface area contributed by atoms with Crippen molar-refractivity contribution in [1.82, 2.24) is 9.55 Å². The average Bonchev–Trinajstić information content (AvgIpc) is 2.66. The SMILES string of the molecule is COC(=O)CCCn1c(=O)oc2cccnc21. The highest BCUT2D eigenvalue weighted by Crippen LogP contribution is 2.09. The van der Waals surface area contributed by atoms with Gasteiger partial charge in [0.1, 0.15) is 0 Å². The molecule has 0 N–H and O–H groups in total. The van der Waals surface area contributed by atoms with E-state index in [1.807, 2.05) is 0 Å². The molecule has 0 bridgehead atoms. The molecule has 0 radical (unpaired) electrons. The zero-order valence-electron chi connectivity index (χ0n) is 9.38. The summed E-state index contributed by atoms with van der Waals surface area (Å²) >= 11 is 0. The summed E-state index contributed by atoms with van der Waals surface area (Å²) < 4.78 is 10.9. The van der Waals surface area contributed by atoms with E-state index in [1.165, 1.54) is 11.7 Å². The molecule has 0 aliphatic carbocycles. The van der Waals surface area contributed by atoms with Crippen LogP contribution in [0.1, 0.15) is 12.8 Å². The maximum atomic E-state index is 11.5. The number of aromatic nitrogens is 2. The lowest BCUT2D eigenvalue weighted by molar-refractivity contribution is -0.140. The lowest BCUT2D eigenvalue weighted by Gasteiger charge is -2.00. The van der Waals surface area contributed by atoms with Crippen molar-refractivity contribution in [2.75, 3.05) is 7.11 Å². The van der Waals surface area contributed by atoms with E-state index in [9.17, 15) is 9.59 Å². The quantitative estimate of drug-likeness (QED) is 0.738. The molecule has 2 aromatic heterocycles. The van der Waals surface area contributed by atoms with Crippen molar-refractivity contribution in [3.63, 3.8) is 0 Å². The van der Waals surface area contributed by atoms with Crippen LogP contribution in [-0.2, 0) is 16.1 Å². The summed E-state index contributed by atoms with van der Waals surface area (Å²) in [5.74, 6) is -0.748. The Bertz CT molecular complexity index is 584. The second-order valence-corrected chi connectivity index (χ2v) is 3.52. The molecule has 90 valence electrons. The number of nitrogens with zero attached hydrogens (tertiary/aromatic N) is 2. The fourth-order valence-corrected chi connectivity index (χ4v) is 1.58. The van der Waals surface area contributed by atoms with E-state index < -0.39 is 5.76 Å². The van der Waals surface area contributed by atoms with Crippen molar-refractivity contribution in [3.8, 4) is 0 Å². The minimum absolute atomic E-state index is 0.266. The molecular weight excluding hydrogens is 224 g/mol. The van der Waals surface area contributed by atoms with E-state index >= 15 is 0 Å². The number of aryl methyl sites for hydroxylation is 1. The molecule has 0 aromatic carbocycles. The van der Waals surface area contributed by atoms with E-state index in [4.69, 9.17) is 4.42 Å². The fourth-order valence-electron chi connectivity index (χ4n) is 1.58. The molecule has 0 amide bonds. The summed E-state index contributed by atoms with van der Waals surface area (Å²) in [5.41, 5.74) is 0.956. The molecule has 6 heteroatoms. The zero-order valence-corrected chi connectivity index (χ0v) is 9.38. The van der Waals surface area contributed by atoms with Crippen LogP contribution in [0, 0.1) is 0 Å². The molecule has 0 aliphatic rings. The molecule has 0 unspecified atom stereocenters. The number of oxazole rings is 1. The molecule has 0 aliphatic heterocycles. The normalized spacial score (nSPS) is 10.6. The van der Waals surface area contributed by atoms with Crippen LogP contribution in [0.15, 0.2) is 27.5 Å². The van der Waals surface area contributed by atoms with Crippen molar-refractivity contribution in [3.05, 3.63) is 28.9 Å². The van der Waals surface area contributed by atoms with Gasteiger partial charge in [-0.3, -0.25) is 9.36 Å². The maximum absolute atomic E-state index is 11.5. The molecule has 0 atom stereocenters. The monoisotopic (exact) mass is 236 g/mol. The maximum Gasteiger partial charge on any atom is 0.421 e. The highest BCUT2D eigenvalue weighted by molar-refractivity contribution is 5.69. The molecule has 0 spiro atoms. The highest BCUT2D eigenvalue weighted by atomic mass is 16.5. The Balaban J connectivity index is 2.15. The van der Waals surface area contributed by atoms with Gasteiger partial charge in [0.05, 0.1) is 7.11 Å². The van der Waals surface area contributed by atoms with Gasteiger partial charge in [0, 0.05) is 19.2 Å². The number of esters is 1. The summed E-state index contributed by atoms with van der Waals surface area (Å²) in [7, 11) is 1.34. The first-order valence-electron chi connectivity index (χ1n) is 5.23. The van der Waals surface area contributed by atoms with Crippen molar-refractivity contribution in [1.29, 1.82) is 0 Å². The average molecular weight is 236 g/mol. The Hall–Kier alpha value is -2.11. The first-order chi connectivity index (χ1) is 8.22. The van der Waals surface area contributed by atoms with Crippen LogP contribution in [0.2, 0.25) is 0 Å². The smallest absolute Gasteiger partial charge is 0.421 e. The fraction of sp³-hybridized carbons (Fsp3) is 0.364. The number of hydrogen-bond donors (Lipinski definition) is 0. The van der Waals surface area contributed by atoms with Gasteiger partial charge in [-0.25, -0.2) is 9.78 Å². The van der Waals surface area contributed by atoms with Crippen molar-refractivity contribution < 1.29 is 13.9 Å². The number of hydrogen-bond acceptors (Lipinski definition) is 5. The molecule has 0 saturated heterocycles. The Morgan fingerprint density at radius 1 is 1.59 bits per heavy atom. The molecule has 17 heavy (non-hydrogen) atoms. The molecule has 0 fully saturated rings. The zero-order chi connectivity index (χ0) is 12.3. The summed E-state index contributed by atoms with van der Waals surface area (Å²) in [6.45, 7) is 0.387. The molecule has 6 nitrogen and oxygen atoms in total. The van der Waals surface area contributed by atoms with E-state index in [0.29, 0.717) is 24.2 Å². The topological polar surface area (TPSA) is 74.3 Å². The third-order valence-electron chi connectivity index (χ3n) is 2.41. The van der Waals surface area contributed by atoms with Gasteiger partial charge in [-0.05, 0) is 18.6 Å². The standard InChI is InChI=1S/C11H12N2O4/c1-16-9(14)5-3-7-13-10-8(17-11(13)15)4-2-6-12-10/h2,4,6H,3,5,7H2,1H3. The number of pyridine rings is 1. The van der Waals surface area contributed by atoms with Crippen LogP contribution >= 0.6 is 0 Å². The Morgan fingerprint density at radius 2 is 2.41 bits per heavy atom. The van der Waals surface area contributed by atoms with Gasteiger partial charge >= 0.3 is 11.7 Å². The number of methoxy groups -OCH3 is 1. The summed E-state index contributed by atoms with van der Waals surface area (Å²) in [5, 5.41) is 0. The number of fused-ring (bicyclic) bond motifs is 1. The second kappa shape index (κ2) is 4.82. The van der Waals surface area contributed by atoms with Gasteiger partial charge in [0.15, 0.2) is 11.2 Å². The largest absolute Gasteiger partial charge is 0.469 e. The van der Waals surface area contributed by atoms with E-state index in [2.05, 4.69) is 9.72 Å². The van der Waals surface area contributed by atoms with Gasteiger partial charge in [0.25, 0.3) is 0 Å². The molecule has 0 saturated carbocycles. The Labute approximate surface area is 96.8 Å². The van der Waals surface area contributed by atoms with Crippen molar-refractivity contribution >= 4 is 17.2 Å². The van der Waals surface area contributed by atoms with Crippen LogP contribution in [0.25, 0.3) is 11.2 Å². The highest BCUT2D eigenvalue weighted by Gasteiger charge is 2.10.